The highest BCUT2D eigenvalue weighted by Gasteiger charge is 2.11. The molecule has 0 spiro atoms. The fraction of sp³-hybridized carbons (Fsp3) is 0.182. The van der Waals surface area contributed by atoms with Gasteiger partial charge >= 0.3 is 0 Å². The molecule has 6 heteroatoms. The van der Waals surface area contributed by atoms with E-state index in [1.54, 1.807) is 13.2 Å². The highest BCUT2D eigenvalue weighted by Crippen LogP contribution is 2.13. The number of hydrogen-bond donors (Lipinski definition) is 1. The van der Waals surface area contributed by atoms with Crippen LogP contribution in [0.1, 0.15) is 16.1 Å². The topological polar surface area (TPSA) is 73.8 Å². The zero-order valence-corrected chi connectivity index (χ0v) is 9.22. The summed E-state index contributed by atoms with van der Waals surface area (Å²) in [5, 5.41) is 7.51. The number of rotatable bonds is 3. The molecule has 0 aliphatic carbocycles. The van der Waals surface area contributed by atoms with Crippen LogP contribution in [-0.4, -0.2) is 20.8 Å². The van der Waals surface area contributed by atoms with Crippen molar-refractivity contribution in [2.45, 2.75) is 6.42 Å². The van der Waals surface area contributed by atoms with Crippen LogP contribution in [0.25, 0.3) is 0 Å². The zero-order valence-electron chi connectivity index (χ0n) is 9.22. The van der Waals surface area contributed by atoms with Gasteiger partial charge in [-0.3, -0.25) is 9.48 Å². The van der Waals surface area contributed by atoms with Crippen molar-refractivity contribution in [2.75, 3.05) is 5.73 Å². The lowest BCUT2D eigenvalue weighted by molar-refractivity contribution is 0.0991. The van der Waals surface area contributed by atoms with Gasteiger partial charge in [-0.25, -0.2) is 4.39 Å². The minimum atomic E-state index is -0.588. The van der Waals surface area contributed by atoms with Gasteiger partial charge in [-0.2, -0.15) is 0 Å². The third kappa shape index (κ3) is 2.47. The Labute approximate surface area is 97.0 Å². The summed E-state index contributed by atoms with van der Waals surface area (Å²) in [6.07, 6.45) is 1.74. The number of nitrogen functional groups attached to an aromatic ring is 1. The molecule has 0 bridgehead atoms. The molecule has 0 fully saturated rings. The standard InChI is InChI=1S/C11H11FN4O/c1-16-6-8(14-15-16)5-11(17)7-2-3-10(13)9(12)4-7/h2-4,6H,5,13H2,1H3. The summed E-state index contributed by atoms with van der Waals surface area (Å²) in [6.45, 7) is 0. The summed E-state index contributed by atoms with van der Waals surface area (Å²) in [7, 11) is 1.71. The Morgan fingerprint density at radius 1 is 1.53 bits per heavy atom. The molecule has 0 amide bonds. The van der Waals surface area contributed by atoms with Crippen LogP contribution < -0.4 is 5.73 Å². The van der Waals surface area contributed by atoms with Gasteiger partial charge in [0, 0.05) is 18.8 Å². The van der Waals surface area contributed by atoms with E-state index in [9.17, 15) is 9.18 Å². The van der Waals surface area contributed by atoms with E-state index < -0.39 is 5.82 Å². The monoisotopic (exact) mass is 234 g/mol. The highest BCUT2D eigenvalue weighted by atomic mass is 19.1. The van der Waals surface area contributed by atoms with Crippen molar-refractivity contribution in [1.82, 2.24) is 15.0 Å². The molecule has 1 aromatic carbocycles. The second-order valence-corrected chi connectivity index (χ2v) is 3.72. The van der Waals surface area contributed by atoms with E-state index >= 15 is 0 Å². The third-order valence-corrected chi connectivity index (χ3v) is 2.31. The lowest BCUT2D eigenvalue weighted by atomic mass is 10.1. The van der Waals surface area contributed by atoms with Gasteiger partial charge in [-0.15, -0.1) is 5.10 Å². The quantitative estimate of drug-likeness (QED) is 0.634. The number of carbonyl (C=O) groups is 1. The minimum absolute atomic E-state index is 0.0288. The number of nitrogens with two attached hydrogens (primary N) is 1. The summed E-state index contributed by atoms with van der Waals surface area (Å²) in [5.74, 6) is -0.806. The average molecular weight is 234 g/mol. The molecule has 17 heavy (non-hydrogen) atoms. The van der Waals surface area contributed by atoms with E-state index in [2.05, 4.69) is 10.3 Å². The Bertz CT molecular complexity index is 564. The number of ketones is 1. The first-order valence-electron chi connectivity index (χ1n) is 4.99. The highest BCUT2D eigenvalue weighted by molar-refractivity contribution is 5.97. The van der Waals surface area contributed by atoms with Gasteiger partial charge in [0.05, 0.1) is 17.8 Å². The Morgan fingerprint density at radius 3 is 2.88 bits per heavy atom. The first-order chi connectivity index (χ1) is 8.06. The second-order valence-electron chi connectivity index (χ2n) is 3.72. The molecule has 0 saturated carbocycles. The number of Topliss-reactive ketones (excluding diaryl/α,β-unsaturated/α-hetero) is 1. The molecule has 2 rings (SSSR count). The molecule has 1 heterocycles. The molecular weight excluding hydrogens is 223 g/mol. The smallest absolute Gasteiger partial charge is 0.169 e. The number of carbonyl (C=O) groups excluding carboxylic acids is 1. The number of nitrogens with zero attached hydrogens (tertiary/aromatic N) is 3. The Hall–Kier alpha value is -2.24. The van der Waals surface area contributed by atoms with Crippen molar-refractivity contribution in [1.29, 1.82) is 0 Å². The first-order valence-corrected chi connectivity index (χ1v) is 4.99. The van der Waals surface area contributed by atoms with E-state index in [1.165, 1.54) is 16.8 Å². The maximum Gasteiger partial charge on any atom is 0.169 e. The Balaban J connectivity index is 2.17. The lowest BCUT2D eigenvalue weighted by Crippen LogP contribution is -2.05. The maximum absolute atomic E-state index is 13.2. The van der Waals surface area contributed by atoms with E-state index in [-0.39, 0.29) is 23.5 Å². The van der Waals surface area contributed by atoms with Gasteiger partial charge in [-0.1, -0.05) is 5.21 Å². The number of aryl methyl sites for hydroxylation is 1. The largest absolute Gasteiger partial charge is 0.396 e. The van der Waals surface area contributed by atoms with Gasteiger partial charge in [-0.05, 0) is 18.2 Å². The molecule has 0 atom stereocenters. The third-order valence-electron chi connectivity index (χ3n) is 2.31. The average Bonchev–Trinajstić information content (AvgIpc) is 2.68. The normalized spacial score (nSPS) is 10.5. The SMILES string of the molecule is Cn1cc(CC(=O)c2ccc(N)c(F)c2)nn1. The van der Waals surface area contributed by atoms with Gasteiger partial charge in [0.25, 0.3) is 0 Å². The van der Waals surface area contributed by atoms with Crippen molar-refractivity contribution >= 4 is 11.5 Å². The van der Waals surface area contributed by atoms with Crippen LogP contribution in [0.2, 0.25) is 0 Å². The van der Waals surface area contributed by atoms with Crippen molar-refractivity contribution in [2.24, 2.45) is 7.05 Å². The summed E-state index contributed by atoms with van der Waals surface area (Å²) >= 11 is 0. The fourth-order valence-electron chi connectivity index (χ4n) is 1.44. The lowest BCUT2D eigenvalue weighted by Gasteiger charge is -2.00. The number of aromatic nitrogens is 3. The van der Waals surface area contributed by atoms with Crippen LogP contribution in [0.5, 0.6) is 0 Å². The predicted molar refractivity (Wildman–Crippen MR) is 59.8 cm³/mol. The molecule has 0 radical (unpaired) electrons. The van der Waals surface area contributed by atoms with E-state index in [0.717, 1.165) is 6.07 Å². The maximum atomic E-state index is 13.2. The van der Waals surface area contributed by atoms with Crippen LogP contribution >= 0.6 is 0 Å². The van der Waals surface area contributed by atoms with Crippen LogP contribution in [0.4, 0.5) is 10.1 Å². The Kier molecular flexibility index (Phi) is 2.86. The minimum Gasteiger partial charge on any atom is -0.396 e. The number of anilines is 1. The van der Waals surface area contributed by atoms with Crippen LogP contribution in [0.15, 0.2) is 24.4 Å². The molecule has 0 aliphatic heterocycles. The van der Waals surface area contributed by atoms with Gasteiger partial charge in [0.15, 0.2) is 5.78 Å². The van der Waals surface area contributed by atoms with E-state index in [4.69, 9.17) is 5.73 Å². The molecule has 2 N–H and O–H groups in total. The summed E-state index contributed by atoms with van der Waals surface area (Å²) in [4.78, 5) is 11.8. The van der Waals surface area contributed by atoms with E-state index in [0.29, 0.717) is 5.69 Å². The summed E-state index contributed by atoms with van der Waals surface area (Å²) in [6, 6.07) is 4.00. The zero-order chi connectivity index (χ0) is 12.4. The summed E-state index contributed by atoms with van der Waals surface area (Å²) in [5.41, 5.74) is 6.19. The molecule has 0 unspecified atom stereocenters. The van der Waals surface area contributed by atoms with Crippen LogP contribution in [0, 0.1) is 5.82 Å². The van der Waals surface area contributed by atoms with Gasteiger partial charge in [0.2, 0.25) is 0 Å². The van der Waals surface area contributed by atoms with Crippen molar-refractivity contribution < 1.29 is 9.18 Å². The molecule has 5 nitrogen and oxygen atoms in total. The van der Waals surface area contributed by atoms with E-state index in [1.807, 2.05) is 0 Å². The molecular formula is C11H11FN4O. The van der Waals surface area contributed by atoms with Crippen LogP contribution in [-0.2, 0) is 13.5 Å². The van der Waals surface area contributed by atoms with Crippen molar-refractivity contribution in [3.63, 3.8) is 0 Å². The Morgan fingerprint density at radius 2 is 2.29 bits per heavy atom. The molecule has 88 valence electrons. The van der Waals surface area contributed by atoms with Crippen LogP contribution in [0.3, 0.4) is 0 Å². The predicted octanol–water partition coefficient (Wildman–Crippen LogP) is 0.962. The van der Waals surface area contributed by atoms with Gasteiger partial charge in [0.1, 0.15) is 5.82 Å². The van der Waals surface area contributed by atoms with Crippen molar-refractivity contribution in [3.05, 3.63) is 41.5 Å². The molecule has 2 aromatic rings. The van der Waals surface area contributed by atoms with Crippen molar-refractivity contribution in [3.8, 4) is 0 Å². The fourth-order valence-corrected chi connectivity index (χ4v) is 1.44. The summed E-state index contributed by atoms with van der Waals surface area (Å²) < 4.78 is 14.7. The first kappa shape index (κ1) is 11.3. The molecule has 1 aromatic heterocycles. The number of benzene rings is 1. The number of halogens is 1. The molecule has 0 saturated heterocycles. The number of hydrogen-bond acceptors (Lipinski definition) is 4. The van der Waals surface area contributed by atoms with Gasteiger partial charge < -0.3 is 5.73 Å². The second kappa shape index (κ2) is 4.32. The molecule has 0 aliphatic rings.